The molecule has 1 heterocycles. The average molecular weight is 325 g/mol. The van der Waals surface area contributed by atoms with Crippen molar-refractivity contribution in [1.29, 1.82) is 0 Å². The van der Waals surface area contributed by atoms with Gasteiger partial charge >= 0.3 is 5.97 Å². The number of anilines is 1. The molecule has 120 valence electrons. The largest absolute Gasteiger partial charge is 0.481 e. The van der Waals surface area contributed by atoms with Crippen LogP contribution in [0.1, 0.15) is 31.7 Å². The van der Waals surface area contributed by atoms with Crippen LogP contribution < -0.4 is 4.90 Å². The lowest BCUT2D eigenvalue weighted by Crippen LogP contribution is -2.35. The molecule has 0 aromatic heterocycles. The van der Waals surface area contributed by atoms with Gasteiger partial charge in [0.05, 0.1) is 17.1 Å². The Morgan fingerprint density at radius 2 is 2.05 bits per heavy atom. The molecule has 2 rings (SSSR count). The standard InChI is InChI=1S/C15H19NO5S/c1-2-14(17)16-8-3-4-11-10-12(5-6-13(11)16)22(20,21)9-7-15(18)19/h5-6,10H,2-4,7-9H2,1H3,(H,18,19). The van der Waals surface area contributed by atoms with Crippen molar-refractivity contribution in [3.63, 3.8) is 0 Å². The van der Waals surface area contributed by atoms with E-state index in [1.807, 2.05) is 0 Å². The molecule has 22 heavy (non-hydrogen) atoms. The Morgan fingerprint density at radius 1 is 1.32 bits per heavy atom. The highest BCUT2D eigenvalue weighted by atomic mass is 32.2. The molecule has 0 saturated heterocycles. The van der Waals surface area contributed by atoms with Crippen molar-refractivity contribution in [3.05, 3.63) is 23.8 Å². The minimum Gasteiger partial charge on any atom is -0.481 e. The molecule has 1 N–H and O–H groups in total. The number of carboxylic acid groups (broad SMARTS) is 1. The molecule has 0 atom stereocenters. The number of sulfone groups is 1. The molecule has 0 unspecified atom stereocenters. The van der Waals surface area contributed by atoms with Gasteiger partial charge in [-0.2, -0.15) is 0 Å². The smallest absolute Gasteiger partial charge is 0.304 e. The van der Waals surface area contributed by atoms with Crippen molar-refractivity contribution in [2.75, 3.05) is 17.2 Å². The van der Waals surface area contributed by atoms with E-state index in [2.05, 4.69) is 0 Å². The summed E-state index contributed by atoms with van der Waals surface area (Å²) in [5.74, 6) is -1.54. The van der Waals surface area contributed by atoms with Crippen LogP contribution in [0.25, 0.3) is 0 Å². The Balaban J connectivity index is 2.32. The van der Waals surface area contributed by atoms with Gasteiger partial charge in [-0.05, 0) is 36.6 Å². The van der Waals surface area contributed by atoms with Crippen molar-refractivity contribution in [3.8, 4) is 0 Å². The van der Waals surface area contributed by atoms with Gasteiger partial charge in [-0.15, -0.1) is 0 Å². The van der Waals surface area contributed by atoms with E-state index in [-0.39, 0.29) is 10.8 Å². The third-order valence-corrected chi connectivity index (χ3v) is 5.43. The predicted octanol–water partition coefficient (Wildman–Crippen LogP) is 1.62. The molecule has 0 spiro atoms. The van der Waals surface area contributed by atoms with Gasteiger partial charge in [-0.1, -0.05) is 6.92 Å². The van der Waals surface area contributed by atoms with E-state index in [9.17, 15) is 18.0 Å². The second-order valence-electron chi connectivity index (χ2n) is 5.26. The van der Waals surface area contributed by atoms with Crippen molar-refractivity contribution < 1.29 is 23.1 Å². The Labute approximate surface area is 129 Å². The van der Waals surface area contributed by atoms with Gasteiger partial charge in [-0.3, -0.25) is 9.59 Å². The lowest BCUT2D eigenvalue weighted by Gasteiger charge is -2.29. The molecule has 0 aliphatic carbocycles. The molecule has 1 aromatic carbocycles. The van der Waals surface area contributed by atoms with E-state index in [0.29, 0.717) is 19.4 Å². The summed E-state index contributed by atoms with van der Waals surface area (Å²) in [7, 11) is -3.62. The number of hydrogen-bond donors (Lipinski definition) is 1. The third-order valence-electron chi connectivity index (χ3n) is 3.72. The molecule has 0 bridgehead atoms. The quantitative estimate of drug-likeness (QED) is 0.888. The number of carboxylic acids is 1. The maximum absolute atomic E-state index is 12.2. The lowest BCUT2D eigenvalue weighted by molar-refractivity contribution is -0.136. The van der Waals surface area contributed by atoms with Crippen LogP contribution in [-0.4, -0.2) is 37.7 Å². The highest BCUT2D eigenvalue weighted by Gasteiger charge is 2.24. The number of amides is 1. The molecule has 7 heteroatoms. The molecule has 0 saturated carbocycles. The van der Waals surface area contributed by atoms with Gasteiger partial charge in [-0.25, -0.2) is 8.42 Å². The van der Waals surface area contributed by atoms with Crippen LogP contribution in [-0.2, 0) is 25.8 Å². The summed E-state index contributed by atoms with van der Waals surface area (Å²) in [6.45, 7) is 2.44. The molecular weight excluding hydrogens is 306 g/mol. The summed E-state index contributed by atoms with van der Waals surface area (Å²) >= 11 is 0. The van der Waals surface area contributed by atoms with Gasteiger partial charge in [0.1, 0.15) is 0 Å². The summed E-state index contributed by atoms with van der Waals surface area (Å²) < 4.78 is 24.3. The summed E-state index contributed by atoms with van der Waals surface area (Å²) in [6, 6.07) is 4.68. The molecule has 1 aromatic rings. The Kier molecular flexibility index (Phi) is 4.85. The summed E-state index contributed by atoms with van der Waals surface area (Å²) in [6.07, 6.45) is 1.49. The fourth-order valence-corrected chi connectivity index (χ4v) is 3.83. The zero-order chi connectivity index (χ0) is 16.3. The maximum atomic E-state index is 12.2. The van der Waals surface area contributed by atoms with E-state index in [1.54, 1.807) is 24.0 Å². The SMILES string of the molecule is CCC(=O)N1CCCc2cc(S(=O)(=O)CCC(=O)O)ccc21. The molecule has 1 aliphatic rings. The highest BCUT2D eigenvalue weighted by molar-refractivity contribution is 7.91. The second-order valence-corrected chi connectivity index (χ2v) is 7.36. The number of carbonyl (C=O) groups excluding carboxylic acids is 1. The molecular formula is C15H19NO5S. The van der Waals surface area contributed by atoms with Crippen molar-refractivity contribution in [2.24, 2.45) is 0 Å². The fraction of sp³-hybridized carbons (Fsp3) is 0.467. The maximum Gasteiger partial charge on any atom is 0.304 e. The van der Waals surface area contributed by atoms with Gasteiger partial charge in [0.2, 0.25) is 5.91 Å². The first kappa shape index (κ1) is 16.5. The van der Waals surface area contributed by atoms with E-state index in [0.717, 1.165) is 17.7 Å². The van der Waals surface area contributed by atoms with Gasteiger partial charge < -0.3 is 10.0 Å². The number of fused-ring (bicyclic) bond motifs is 1. The van der Waals surface area contributed by atoms with E-state index >= 15 is 0 Å². The summed E-state index contributed by atoms with van der Waals surface area (Å²) in [5, 5.41) is 8.63. The zero-order valence-corrected chi connectivity index (χ0v) is 13.2. The second kappa shape index (κ2) is 6.48. The first-order chi connectivity index (χ1) is 10.3. The minimum absolute atomic E-state index is 0.0161. The number of aryl methyl sites for hydroxylation is 1. The van der Waals surface area contributed by atoms with Crippen LogP contribution in [0.4, 0.5) is 5.69 Å². The van der Waals surface area contributed by atoms with Crippen LogP contribution >= 0.6 is 0 Å². The first-order valence-electron chi connectivity index (χ1n) is 7.23. The van der Waals surface area contributed by atoms with Gasteiger partial charge in [0, 0.05) is 18.7 Å². The summed E-state index contributed by atoms with van der Waals surface area (Å²) in [5.41, 5.74) is 1.58. The van der Waals surface area contributed by atoms with E-state index in [4.69, 9.17) is 5.11 Å². The van der Waals surface area contributed by atoms with Crippen LogP contribution in [0.5, 0.6) is 0 Å². The Hall–Kier alpha value is -1.89. The first-order valence-corrected chi connectivity index (χ1v) is 8.88. The number of carbonyl (C=O) groups is 2. The Morgan fingerprint density at radius 3 is 2.68 bits per heavy atom. The number of nitrogens with zero attached hydrogens (tertiary/aromatic N) is 1. The van der Waals surface area contributed by atoms with Crippen molar-refractivity contribution >= 4 is 27.4 Å². The normalized spacial score (nSPS) is 14.5. The predicted molar refractivity (Wildman–Crippen MR) is 81.7 cm³/mol. The molecule has 6 nitrogen and oxygen atoms in total. The average Bonchev–Trinajstić information content (AvgIpc) is 2.51. The van der Waals surface area contributed by atoms with E-state index in [1.165, 1.54) is 6.07 Å². The van der Waals surface area contributed by atoms with Gasteiger partial charge in [0.15, 0.2) is 9.84 Å². The summed E-state index contributed by atoms with van der Waals surface area (Å²) in [4.78, 5) is 24.3. The fourth-order valence-electron chi connectivity index (χ4n) is 2.56. The van der Waals surface area contributed by atoms with Crippen LogP contribution in [0, 0.1) is 0 Å². The monoisotopic (exact) mass is 325 g/mol. The van der Waals surface area contributed by atoms with Crippen molar-refractivity contribution in [2.45, 2.75) is 37.5 Å². The molecule has 1 amide bonds. The van der Waals surface area contributed by atoms with Crippen LogP contribution in [0.3, 0.4) is 0 Å². The Bertz CT molecular complexity index is 696. The molecule has 1 aliphatic heterocycles. The highest BCUT2D eigenvalue weighted by Crippen LogP contribution is 2.30. The van der Waals surface area contributed by atoms with Gasteiger partial charge in [0.25, 0.3) is 0 Å². The number of hydrogen-bond acceptors (Lipinski definition) is 4. The third kappa shape index (κ3) is 3.47. The number of benzene rings is 1. The molecule has 0 fully saturated rings. The van der Waals surface area contributed by atoms with Crippen LogP contribution in [0.2, 0.25) is 0 Å². The molecule has 0 radical (unpaired) electrons. The zero-order valence-electron chi connectivity index (χ0n) is 12.4. The lowest BCUT2D eigenvalue weighted by atomic mass is 10.0. The number of rotatable bonds is 5. The topological polar surface area (TPSA) is 91.8 Å². The minimum atomic E-state index is -3.62. The van der Waals surface area contributed by atoms with Crippen molar-refractivity contribution in [1.82, 2.24) is 0 Å². The van der Waals surface area contributed by atoms with Crippen LogP contribution in [0.15, 0.2) is 23.1 Å². The number of aliphatic carboxylic acids is 1. The van der Waals surface area contributed by atoms with E-state index < -0.39 is 28.0 Å².